The molecule has 8 heteroatoms. The molecule has 1 atom stereocenters. The Labute approximate surface area is 186 Å². The van der Waals surface area contributed by atoms with Crippen molar-refractivity contribution < 1.29 is 14.3 Å². The summed E-state index contributed by atoms with van der Waals surface area (Å²) < 4.78 is 10.8. The van der Waals surface area contributed by atoms with Gasteiger partial charge in [-0.3, -0.25) is 9.79 Å². The van der Waals surface area contributed by atoms with Crippen molar-refractivity contribution in [1.82, 2.24) is 16.0 Å². The Morgan fingerprint density at radius 2 is 1.79 bits per heavy atom. The third kappa shape index (κ3) is 7.73. The van der Waals surface area contributed by atoms with Crippen LogP contribution >= 0.6 is 24.0 Å². The zero-order valence-electron chi connectivity index (χ0n) is 18.0. The van der Waals surface area contributed by atoms with Crippen molar-refractivity contribution in [2.24, 2.45) is 10.4 Å². The van der Waals surface area contributed by atoms with Crippen molar-refractivity contribution in [2.75, 3.05) is 33.9 Å². The van der Waals surface area contributed by atoms with E-state index in [4.69, 9.17) is 9.47 Å². The van der Waals surface area contributed by atoms with Gasteiger partial charge in [-0.15, -0.1) is 24.0 Å². The van der Waals surface area contributed by atoms with E-state index in [1.165, 1.54) is 0 Å². The van der Waals surface area contributed by atoms with E-state index in [0.717, 1.165) is 23.6 Å². The lowest BCUT2D eigenvalue weighted by Gasteiger charge is -2.24. The molecule has 0 spiro atoms. The zero-order chi connectivity index (χ0) is 20.4. The fourth-order valence-electron chi connectivity index (χ4n) is 2.53. The van der Waals surface area contributed by atoms with E-state index >= 15 is 0 Å². The van der Waals surface area contributed by atoms with Gasteiger partial charge in [-0.05, 0) is 52.8 Å². The van der Waals surface area contributed by atoms with Crippen LogP contribution in [0.4, 0.5) is 0 Å². The normalized spacial score (nSPS) is 12.5. The molecule has 0 aromatic heterocycles. The number of hydrogen-bond acceptors (Lipinski definition) is 4. The molecule has 0 fully saturated rings. The Hall–Kier alpha value is -1.71. The lowest BCUT2D eigenvalue weighted by atomic mass is 9.92. The summed E-state index contributed by atoms with van der Waals surface area (Å²) in [6, 6.07) is 5.62. The third-order valence-corrected chi connectivity index (χ3v) is 4.19. The molecular formula is C20H35IN4O3. The zero-order valence-corrected chi connectivity index (χ0v) is 20.3. The molecule has 3 N–H and O–H groups in total. The molecular weight excluding hydrogens is 471 g/mol. The second-order valence-electron chi connectivity index (χ2n) is 6.91. The first-order chi connectivity index (χ1) is 12.8. The number of ether oxygens (including phenoxy) is 2. The predicted octanol–water partition coefficient (Wildman–Crippen LogP) is 3.10. The summed E-state index contributed by atoms with van der Waals surface area (Å²) in [4.78, 5) is 16.8. The smallest absolute Gasteiger partial charge is 0.227 e. The number of methoxy groups -OCH3 is 2. The highest BCUT2D eigenvalue weighted by Crippen LogP contribution is 2.29. The van der Waals surface area contributed by atoms with Gasteiger partial charge in [0.2, 0.25) is 5.91 Å². The van der Waals surface area contributed by atoms with Gasteiger partial charge in [0.1, 0.15) is 11.5 Å². The summed E-state index contributed by atoms with van der Waals surface area (Å²) in [5, 5.41) is 9.46. The van der Waals surface area contributed by atoms with E-state index in [2.05, 4.69) is 20.9 Å². The number of rotatable bonds is 9. The minimum atomic E-state index is -0.588. The van der Waals surface area contributed by atoms with Gasteiger partial charge in [0.15, 0.2) is 5.96 Å². The largest absolute Gasteiger partial charge is 0.497 e. The number of nitrogens with one attached hydrogen (secondary N) is 3. The van der Waals surface area contributed by atoms with Crippen LogP contribution in [0.3, 0.4) is 0 Å². The van der Waals surface area contributed by atoms with Crippen molar-refractivity contribution in [2.45, 2.75) is 40.7 Å². The van der Waals surface area contributed by atoms with Crippen LogP contribution in [-0.2, 0) is 4.79 Å². The van der Waals surface area contributed by atoms with E-state index in [-0.39, 0.29) is 35.9 Å². The number of nitrogens with zero attached hydrogens (tertiary/aromatic N) is 1. The van der Waals surface area contributed by atoms with Crippen LogP contribution in [0.25, 0.3) is 0 Å². The highest BCUT2D eigenvalue weighted by atomic mass is 127. The van der Waals surface area contributed by atoms with Crippen LogP contribution in [-0.4, -0.2) is 45.7 Å². The summed E-state index contributed by atoms with van der Waals surface area (Å²) in [5.74, 6) is 2.17. The topological polar surface area (TPSA) is 84.0 Å². The molecule has 0 saturated heterocycles. The first kappa shape index (κ1) is 26.3. The summed E-state index contributed by atoms with van der Waals surface area (Å²) in [6.07, 6.45) is 0. The molecule has 0 heterocycles. The van der Waals surface area contributed by atoms with Crippen molar-refractivity contribution in [3.05, 3.63) is 23.8 Å². The van der Waals surface area contributed by atoms with Gasteiger partial charge in [0, 0.05) is 18.7 Å². The number of hydrogen-bond donors (Lipinski definition) is 3. The van der Waals surface area contributed by atoms with Crippen LogP contribution in [0.15, 0.2) is 23.2 Å². The molecule has 160 valence electrons. The first-order valence-electron chi connectivity index (χ1n) is 9.34. The number of aliphatic imine (C=N–C) groups is 1. The Bertz CT molecular complexity index is 650. The van der Waals surface area contributed by atoms with Crippen LogP contribution in [0.1, 0.15) is 46.2 Å². The van der Waals surface area contributed by atoms with Crippen molar-refractivity contribution in [3.63, 3.8) is 0 Å². The SMILES string of the molecule is CCNC(=O)C(C)(C)CN=C(NCC)NC(C)c1cc(OC)ccc1OC.I. The Kier molecular flexibility index (Phi) is 11.9. The molecule has 1 aromatic rings. The van der Waals surface area contributed by atoms with Gasteiger partial charge in [-0.25, -0.2) is 0 Å². The summed E-state index contributed by atoms with van der Waals surface area (Å²) in [6.45, 7) is 11.4. The molecule has 0 bridgehead atoms. The highest BCUT2D eigenvalue weighted by Gasteiger charge is 2.27. The minimum absolute atomic E-state index is 0. The monoisotopic (exact) mass is 506 g/mol. The molecule has 0 aliphatic rings. The van der Waals surface area contributed by atoms with Gasteiger partial charge in [-0.1, -0.05) is 0 Å². The highest BCUT2D eigenvalue weighted by molar-refractivity contribution is 14.0. The van der Waals surface area contributed by atoms with Gasteiger partial charge >= 0.3 is 0 Å². The number of amides is 1. The van der Waals surface area contributed by atoms with E-state index in [9.17, 15) is 4.79 Å². The lowest BCUT2D eigenvalue weighted by Crippen LogP contribution is -2.42. The Balaban J connectivity index is 0.00000729. The van der Waals surface area contributed by atoms with Crippen LogP contribution in [0, 0.1) is 5.41 Å². The standard InChI is InChI=1S/C20H34N4O3.HI/c1-8-21-18(25)20(4,5)13-23-19(22-9-2)24-14(3)16-12-15(26-6)10-11-17(16)27-7;/h10-12,14H,8-9,13H2,1-7H3,(H,21,25)(H2,22,23,24);1H. The molecule has 0 radical (unpaired) electrons. The molecule has 1 rings (SSSR count). The maximum atomic E-state index is 12.2. The number of guanidine groups is 1. The van der Waals surface area contributed by atoms with Gasteiger partial charge in [0.25, 0.3) is 0 Å². The maximum absolute atomic E-state index is 12.2. The molecule has 1 amide bonds. The van der Waals surface area contributed by atoms with E-state index < -0.39 is 5.41 Å². The Morgan fingerprint density at radius 1 is 1.14 bits per heavy atom. The van der Waals surface area contributed by atoms with Gasteiger partial charge in [-0.2, -0.15) is 0 Å². The molecule has 28 heavy (non-hydrogen) atoms. The number of halogens is 1. The summed E-state index contributed by atoms with van der Waals surface area (Å²) in [5.41, 5.74) is 0.375. The van der Waals surface area contributed by atoms with E-state index in [1.807, 2.05) is 52.8 Å². The number of benzene rings is 1. The average Bonchev–Trinajstić information content (AvgIpc) is 2.65. The fraction of sp³-hybridized carbons (Fsp3) is 0.600. The number of carbonyl (C=O) groups is 1. The minimum Gasteiger partial charge on any atom is -0.497 e. The van der Waals surface area contributed by atoms with Crippen LogP contribution in [0.2, 0.25) is 0 Å². The molecule has 1 aromatic carbocycles. The van der Waals surface area contributed by atoms with E-state index in [1.54, 1.807) is 14.2 Å². The molecule has 7 nitrogen and oxygen atoms in total. The summed E-state index contributed by atoms with van der Waals surface area (Å²) in [7, 11) is 3.28. The van der Waals surface area contributed by atoms with Crippen molar-refractivity contribution in [1.29, 1.82) is 0 Å². The summed E-state index contributed by atoms with van der Waals surface area (Å²) >= 11 is 0. The van der Waals surface area contributed by atoms with Crippen molar-refractivity contribution in [3.8, 4) is 11.5 Å². The van der Waals surface area contributed by atoms with Gasteiger partial charge in [0.05, 0.1) is 32.2 Å². The average molecular weight is 506 g/mol. The first-order valence-corrected chi connectivity index (χ1v) is 9.34. The second kappa shape index (κ2) is 12.7. The molecule has 0 saturated carbocycles. The van der Waals surface area contributed by atoms with Crippen molar-refractivity contribution >= 4 is 35.8 Å². The molecule has 0 aliphatic carbocycles. The molecule has 1 unspecified atom stereocenters. The fourth-order valence-corrected chi connectivity index (χ4v) is 2.53. The Morgan fingerprint density at radius 3 is 2.32 bits per heavy atom. The quantitative estimate of drug-likeness (QED) is 0.273. The van der Waals surface area contributed by atoms with Crippen LogP contribution in [0.5, 0.6) is 11.5 Å². The van der Waals surface area contributed by atoms with E-state index in [0.29, 0.717) is 19.0 Å². The molecule has 0 aliphatic heterocycles. The maximum Gasteiger partial charge on any atom is 0.227 e. The lowest BCUT2D eigenvalue weighted by molar-refractivity contribution is -0.128. The predicted molar refractivity (Wildman–Crippen MR) is 125 cm³/mol. The number of carbonyl (C=O) groups excluding carboxylic acids is 1. The van der Waals surface area contributed by atoms with Crippen LogP contribution < -0.4 is 25.4 Å². The second-order valence-corrected chi connectivity index (χ2v) is 6.91. The van der Waals surface area contributed by atoms with Gasteiger partial charge < -0.3 is 25.4 Å². The third-order valence-electron chi connectivity index (χ3n) is 4.19.